The van der Waals surface area contributed by atoms with Crippen molar-refractivity contribution in [1.29, 1.82) is 0 Å². The first-order valence-corrected chi connectivity index (χ1v) is 5.50. The molecular weight excluding hydrogens is 254 g/mol. The van der Waals surface area contributed by atoms with Gasteiger partial charge in [-0.3, -0.25) is 9.87 Å². The number of hydrogen-bond donors (Lipinski definition) is 4. The molecule has 0 radical (unpaired) electrons. The van der Waals surface area contributed by atoms with Crippen molar-refractivity contribution >= 4 is 27.9 Å². The van der Waals surface area contributed by atoms with E-state index in [1.54, 1.807) is 5.32 Å². The Hall–Kier alpha value is -2.13. The Morgan fingerprint density at radius 2 is 1.76 bits per heavy atom. The van der Waals surface area contributed by atoms with E-state index in [-0.39, 0.29) is 5.69 Å². The van der Waals surface area contributed by atoms with Crippen molar-refractivity contribution in [2.45, 2.75) is 4.90 Å². The van der Waals surface area contributed by atoms with Crippen molar-refractivity contribution in [2.24, 2.45) is 0 Å². The van der Waals surface area contributed by atoms with E-state index in [9.17, 15) is 18.0 Å². The second-order valence-corrected chi connectivity index (χ2v) is 4.34. The van der Waals surface area contributed by atoms with Crippen LogP contribution in [0.2, 0.25) is 0 Å². The number of carbonyl (C=O) groups is 2. The number of hydrogen-bond acceptors (Lipinski definition) is 4. The summed E-state index contributed by atoms with van der Waals surface area (Å²) in [6.45, 7) is 0. The zero-order valence-corrected chi connectivity index (χ0v) is 8.93. The van der Waals surface area contributed by atoms with Crippen LogP contribution in [-0.2, 0) is 10.1 Å². The van der Waals surface area contributed by atoms with E-state index in [0.717, 1.165) is 12.1 Å². The van der Waals surface area contributed by atoms with Gasteiger partial charge in [-0.05, 0) is 18.2 Å². The van der Waals surface area contributed by atoms with Crippen molar-refractivity contribution in [3.8, 4) is 0 Å². The van der Waals surface area contributed by atoms with E-state index >= 15 is 0 Å². The first-order valence-electron chi connectivity index (χ1n) is 4.06. The summed E-state index contributed by atoms with van der Waals surface area (Å²) < 4.78 is 30.2. The van der Waals surface area contributed by atoms with Gasteiger partial charge in [0.15, 0.2) is 0 Å². The molecule has 9 heteroatoms. The molecule has 0 saturated heterocycles. The van der Waals surface area contributed by atoms with E-state index in [1.807, 2.05) is 0 Å². The lowest BCUT2D eigenvalue weighted by Gasteiger charge is -2.06. The second kappa shape index (κ2) is 4.39. The number of benzene rings is 1. The summed E-state index contributed by atoms with van der Waals surface area (Å²) in [6.07, 6.45) is -1.49. The zero-order chi connectivity index (χ0) is 13.2. The Morgan fingerprint density at radius 1 is 1.18 bits per heavy atom. The maximum atomic E-state index is 10.8. The Balaban J connectivity index is 3.37. The van der Waals surface area contributed by atoms with Crippen LogP contribution < -0.4 is 5.32 Å². The monoisotopic (exact) mass is 261 g/mol. The number of rotatable bonds is 3. The van der Waals surface area contributed by atoms with Gasteiger partial charge < -0.3 is 10.2 Å². The van der Waals surface area contributed by atoms with Crippen molar-refractivity contribution in [2.75, 3.05) is 5.32 Å². The third-order valence-electron chi connectivity index (χ3n) is 1.76. The molecule has 0 heterocycles. The van der Waals surface area contributed by atoms with E-state index in [1.165, 1.54) is 0 Å². The number of carboxylic acid groups (broad SMARTS) is 2. The van der Waals surface area contributed by atoms with Crippen LogP contribution in [0.3, 0.4) is 0 Å². The van der Waals surface area contributed by atoms with Gasteiger partial charge in [-0.15, -0.1) is 0 Å². The van der Waals surface area contributed by atoms with Gasteiger partial charge in [0.1, 0.15) is 0 Å². The first-order chi connectivity index (χ1) is 7.71. The number of carboxylic acids is 1. The topological polar surface area (TPSA) is 141 Å². The van der Waals surface area contributed by atoms with Gasteiger partial charge in [0.2, 0.25) is 0 Å². The van der Waals surface area contributed by atoms with Gasteiger partial charge in [-0.2, -0.15) is 8.42 Å². The predicted octanol–water partition coefficient (Wildman–Crippen LogP) is 0.721. The van der Waals surface area contributed by atoms with Gasteiger partial charge in [-0.1, -0.05) is 0 Å². The maximum absolute atomic E-state index is 10.8. The Kier molecular flexibility index (Phi) is 3.34. The fourth-order valence-electron chi connectivity index (χ4n) is 1.08. The molecule has 0 aliphatic rings. The van der Waals surface area contributed by atoms with Gasteiger partial charge in [0.05, 0.1) is 16.1 Å². The lowest BCUT2D eigenvalue weighted by atomic mass is 10.2. The Bertz CT molecular complexity index is 578. The molecular formula is C8H7NO7S. The Labute approximate surface area is 95.3 Å². The summed E-state index contributed by atoms with van der Waals surface area (Å²) in [5.41, 5.74) is -0.875. The van der Waals surface area contributed by atoms with E-state index < -0.39 is 32.6 Å². The molecule has 0 unspecified atom stereocenters. The van der Waals surface area contributed by atoms with Crippen molar-refractivity contribution in [3.63, 3.8) is 0 Å². The molecule has 17 heavy (non-hydrogen) atoms. The van der Waals surface area contributed by atoms with Gasteiger partial charge >= 0.3 is 12.1 Å². The summed E-state index contributed by atoms with van der Waals surface area (Å²) in [7, 11) is -4.54. The average Bonchev–Trinajstić information content (AvgIpc) is 2.15. The van der Waals surface area contributed by atoms with Crippen LogP contribution in [0.1, 0.15) is 10.4 Å². The highest BCUT2D eigenvalue weighted by Gasteiger charge is 2.17. The molecule has 0 aromatic heterocycles. The first kappa shape index (κ1) is 12.9. The highest BCUT2D eigenvalue weighted by molar-refractivity contribution is 7.85. The highest BCUT2D eigenvalue weighted by Crippen LogP contribution is 2.20. The average molecular weight is 261 g/mol. The predicted molar refractivity (Wildman–Crippen MR) is 54.9 cm³/mol. The maximum Gasteiger partial charge on any atom is 0.409 e. The summed E-state index contributed by atoms with van der Waals surface area (Å²) in [5.74, 6) is -1.53. The molecule has 0 aliphatic carbocycles. The van der Waals surface area contributed by atoms with Crippen molar-refractivity contribution in [1.82, 2.24) is 0 Å². The minimum atomic E-state index is -4.54. The molecule has 1 amide bonds. The third kappa shape index (κ3) is 3.16. The fraction of sp³-hybridized carbons (Fsp3) is 0. The summed E-state index contributed by atoms with van der Waals surface area (Å²) >= 11 is 0. The molecule has 0 bridgehead atoms. The third-order valence-corrected chi connectivity index (χ3v) is 2.61. The molecule has 1 aromatic rings. The minimum Gasteiger partial charge on any atom is -0.478 e. The SMILES string of the molecule is O=C(O)Nc1ccc(S(=O)(=O)O)cc1C(=O)O. The highest BCUT2D eigenvalue weighted by atomic mass is 32.2. The molecule has 8 nitrogen and oxygen atoms in total. The van der Waals surface area contributed by atoms with Crippen LogP contribution in [0, 0.1) is 0 Å². The van der Waals surface area contributed by atoms with Crippen molar-refractivity contribution < 1.29 is 32.8 Å². The molecule has 92 valence electrons. The molecule has 4 N–H and O–H groups in total. The molecule has 0 aliphatic heterocycles. The molecule has 0 fully saturated rings. The lowest BCUT2D eigenvalue weighted by molar-refractivity contribution is 0.0698. The van der Waals surface area contributed by atoms with Crippen LogP contribution in [0.15, 0.2) is 23.1 Å². The number of aromatic carboxylic acids is 1. The van der Waals surface area contributed by atoms with E-state index in [2.05, 4.69) is 0 Å². The molecule has 0 spiro atoms. The summed E-state index contributed by atoms with van der Waals surface area (Å²) in [6, 6.07) is 2.47. The van der Waals surface area contributed by atoms with Gasteiger partial charge in [0.25, 0.3) is 10.1 Å². The summed E-state index contributed by atoms with van der Waals surface area (Å²) in [5, 5.41) is 19.0. The van der Waals surface area contributed by atoms with E-state index in [0.29, 0.717) is 6.07 Å². The lowest BCUT2D eigenvalue weighted by Crippen LogP contribution is -2.12. The number of nitrogens with one attached hydrogen (secondary N) is 1. The van der Waals surface area contributed by atoms with Crippen LogP contribution in [-0.4, -0.2) is 35.2 Å². The van der Waals surface area contributed by atoms with Crippen LogP contribution >= 0.6 is 0 Å². The number of anilines is 1. The smallest absolute Gasteiger partial charge is 0.409 e. The summed E-state index contributed by atoms with van der Waals surface area (Å²) in [4.78, 5) is 20.5. The fourth-order valence-corrected chi connectivity index (χ4v) is 1.59. The van der Waals surface area contributed by atoms with Crippen LogP contribution in [0.5, 0.6) is 0 Å². The molecule has 0 atom stereocenters. The van der Waals surface area contributed by atoms with Crippen LogP contribution in [0.25, 0.3) is 0 Å². The standard InChI is InChI=1S/C8H7NO7S/c10-7(11)5-3-4(17(14,15)16)1-2-6(5)9-8(12)13/h1-3,9H,(H,10,11)(H,12,13)(H,14,15,16). The zero-order valence-electron chi connectivity index (χ0n) is 8.11. The molecule has 1 rings (SSSR count). The molecule has 1 aromatic carbocycles. The minimum absolute atomic E-state index is 0.294. The van der Waals surface area contributed by atoms with Gasteiger partial charge in [-0.25, -0.2) is 9.59 Å². The van der Waals surface area contributed by atoms with Gasteiger partial charge in [0, 0.05) is 0 Å². The quantitative estimate of drug-likeness (QED) is 0.587. The second-order valence-electron chi connectivity index (χ2n) is 2.92. The van der Waals surface area contributed by atoms with Crippen molar-refractivity contribution in [3.05, 3.63) is 23.8 Å². The number of amides is 1. The van der Waals surface area contributed by atoms with E-state index in [4.69, 9.17) is 14.8 Å². The molecule has 0 saturated carbocycles. The normalized spacial score (nSPS) is 10.9. The Morgan fingerprint density at radius 3 is 2.18 bits per heavy atom. The largest absolute Gasteiger partial charge is 0.478 e. The van der Waals surface area contributed by atoms with Crippen LogP contribution in [0.4, 0.5) is 10.5 Å².